The maximum Gasteiger partial charge on any atom is 0.308 e. The number of benzene rings is 2. The van der Waals surface area contributed by atoms with Gasteiger partial charge in [-0.15, -0.1) is 0 Å². The van der Waals surface area contributed by atoms with Crippen LogP contribution in [0.25, 0.3) is 4.85 Å². The van der Waals surface area contributed by atoms with Crippen molar-refractivity contribution in [2.75, 3.05) is 13.2 Å². The molecule has 4 rings (SSSR count). The minimum Gasteiger partial charge on any atom is -0.466 e. The maximum absolute atomic E-state index is 11.7. The lowest BCUT2D eigenvalue weighted by Crippen LogP contribution is -2.15. The molecule has 0 radical (unpaired) electrons. The third-order valence-electron chi connectivity index (χ3n) is 7.79. The van der Waals surface area contributed by atoms with Gasteiger partial charge >= 0.3 is 11.9 Å². The summed E-state index contributed by atoms with van der Waals surface area (Å²) < 4.78 is 10.2. The van der Waals surface area contributed by atoms with Crippen LogP contribution >= 0.6 is 0 Å². The molecule has 2 aliphatic carbocycles. The van der Waals surface area contributed by atoms with E-state index in [0.29, 0.717) is 36.3 Å². The van der Waals surface area contributed by atoms with Crippen molar-refractivity contribution in [3.63, 3.8) is 0 Å². The van der Waals surface area contributed by atoms with E-state index in [2.05, 4.69) is 15.9 Å². The van der Waals surface area contributed by atoms with E-state index in [1.54, 1.807) is 0 Å². The number of oxime groups is 1. The number of ether oxygens (including phenoxy) is 2. The lowest BCUT2D eigenvalue weighted by molar-refractivity contribution is -0.148. The van der Waals surface area contributed by atoms with Crippen LogP contribution in [0, 0.1) is 30.2 Å². The summed E-state index contributed by atoms with van der Waals surface area (Å²) in [6, 6.07) is 15.4. The van der Waals surface area contributed by atoms with Gasteiger partial charge in [0.15, 0.2) is 11.5 Å². The average molecular weight is 581 g/mol. The van der Waals surface area contributed by atoms with Gasteiger partial charge < -0.3 is 25.6 Å². The van der Waals surface area contributed by atoms with E-state index >= 15 is 0 Å². The molecule has 0 unspecified atom stereocenters. The highest BCUT2D eigenvalue weighted by Crippen LogP contribution is 2.35. The highest BCUT2D eigenvalue weighted by atomic mass is 16.5. The van der Waals surface area contributed by atoms with E-state index in [1.807, 2.05) is 62.4 Å². The van der Waals surface area contributed by atoms with Crippen LogP contribution in [0.5, 0.6) is 0 Å². The third kappa shape index (κ3) is 10.8. The first-order chi connectivity index (χ1) is 20.4. The van der Waals surface area contributed by atoms with Crippen molar-refractivity contribution < 1.29 is 29.5 Å². The van der Waals surface area contributed by atoms with Gasteiger partial charge in [0.25, 0.3) is 0 Å². The predicted octanol–water partition coefficient (Wildman–Crippen LogP) is 5.40. The van der Waals surface area contributed by atoms with Crippen molar-refractivity contribution in [2.24, 2.45) is 40.5 Å². The minimum atomic E-state index is -0.0534. The maximum atomic E-state index is 11.7. The summed E-state index contributed by atoms with van der Waals surface area (Å²) in [5, 5.41) is 18.1. The van der Waals surface area contributed by atoms with Crippen LogP contribution in [-0.4, -0.2) is 41.4 Å². The standard InChI is InChI=1S/C16H22N2O3.C16H19NO2.H3NO/c1-2-21-16(19)14-8-5-12(10-14)9-11-3-6-13(7-4-11)15(17)18-20;1-3-19-16(18)14-7-4-13(11-14)10-12-5-8-15(17-2)9-6-12;1-2/h3-4,6-7,12,14,20H,2,5,8-10H2,1H3,(H2,17,18);5-6,8-9,13-14H,3-4,7,10-11H2,1H3;2H,1H2/t12-,14-;13-,14-;/m11./s1. The molecule has 0 bridgehead atoms. The Morgan fingerprint density at radius 3 is 1.64 bits per heavy atom. The molecule has 0 saturated heterocycles. The van der Waals surface area contributed by atoms with E-state index in [1.165, 1.54) is 11.1 Å². The number of carbonyl (C=O) groups excluding carboxylic acids is 2. The van der Waals surface area contributed by atoms with Gasteiger partial charge in [0.05, 0.1) is 31.6 Å². The number of amidine groups is 1. The number of carbonyl (C=O) groups is 2. The molecule has 2 fully saturated rings. The Morgan fingerprint density at radius 2 is 1.26 bits per heavy atom. The first-order valence-corrected chi connectivity index (χ1v) is 14.5. The first kappa shape index (κ1) is 34.3. The Morgan fingerprint density at radius 1 is 0.833 bits per heavy atom. The number of hydrogen-bond acceptors (Lipinski definition) is 8. The summed E-state index contributed by atoms with van der Waals surface area (Å²) in [6.07, 6.45) is 7.81. The van der Waals surface area contributed by atoms with E-state index < -0.39 is 0 Å². The molecule has 0 aliphatic heterocycles. The lowest BCUT2D eigenvalue weighted by atomic mass is 9.96. The molecule has 10 heteroatoms. The zero-order chi connectivity index (χ0) is 30.9. The second-order valence-corrected chi connectivity index (χ2v) is 10.6. The summed E-state index contributed by atoms with van der Waals surface area (Å²) in [5.41, 5.74) is 9.38. The number of rotatable bonds is 9. The molecule has 2 aromatic rings. The van der Waals surface area contributed by atoms with Gasteiger partial charge in [0, 0.05) is 5.56 Å². The van der Waals surface area contributed by atoms with Gasteiger partial charge in [-0.2, -0.15) is 0 Å². The zero-order valence-electron chi connectivity index (χ0n) is 24.6. The topological polar surface area (TPSA) is 162 Å². The molecule has 10 nitrogen and oxygen atoms in total. The molecule has 0 spiro atoms. The molecule has 2 aliphatic rings. The fraction of sp³-hybridized carbons (Fsp3) is 0.500. The normalized spacial score (nSPS) is 21.2. The number of nitrogens with two attached hydrogens (primary N) is 2. The molecular formula is C32H44N4O6. The fourth-order valence-corrected chi connectivity index (χ4v) is 5.71. The van der Waals surface area contributed by atoms with Crippen molar-refractivity contribution in [3.8, 4) is 0 Å². The monoisotopic (exact) mass is 580 g/mol. The van der Waals surface area contributed by atoms with E-state index in [0.717, 1.165) is 51.4 Å². The summed E-state index contributed by atoms with van der Waals surface area (Å²) in [4.78, 5) is 26.8. The largest absolute Gasteiger partial charge is 0.466 e. The summed E-state index contributed by atoms with van der Waals surface area (Å²) in [5.74, 6) is 4.77. The van der Waals surface area contributed by atoms with Gasteiger partial charge in [-0.1, -0.05) is 59.3 Å². The Hall–Kier alpha value is -3.94. The van der Waals surface area contributed by atoms with E-state index in [4.69, 9.17) is 32.2 Å². The summed E-state index contributed by atoms with van der Waals surface area (Å²) >= 11 is 0. The molecule has 4 atom stereocenters. The third-order valence-corrected chi connectivity index (χ3v) is 7.79. The van der Waals surface area contributed by atoms with Crippen molar-refractivity contribution >= 4 is 23.5 Å². The smallest absolute Gasteiger partial charge is 0.308 e. The molecule has 42 heavy (non-hydrogen) atoms. The Bertz CT molecular complexity index is 1180. The van der Waals surface area contributed by atoms with Crippen LogP contribution in [0.1, 0.15) is 69.1 Å². The van der Waals surface area contributed by atoms with Crippen LogP contribution in [-0.2, 0) is 31.9 Å². The van der Waals surface area contributed by atoms with E-state index in [-0.39, 0.29) is 29.6 Å². The SMILES string of the molecule is CCOC(=O)[C@@H]1CC[C@H](Cc2ccc(/C(N)=N/O)cc2)C1.NO.[C-]#[N+]c1ccc(C[C@H]2CC[C@@H](C(=O)OCC)C2)cc1. The Kier molecular flexibility index (Phi) is 15.1. The van der Waals surface area contributed by atoms with Gasteiger partial charge in [0.1, 0.15) is 0 Å². The molecule has 2 saturated carbocycles. The van der Waals surface area contributed by atoms with Gasteiger partial charge in [-0.3, -0.25) is 9.59 Å². The van der Waals surface area contributed by atoms with Crippen LogP contribution in [0.2, 0.25) is 0 Å². The van der Waals surface area contributed by atoms with E-state index in [9.17, 15) is 9.59 Å². The molecule has 0 aromatic heterocycles. The van der Waals surface area contributed by atoms with Crippen molar-refractivity contribution in [2.45, 2.75) is 65.2 Å². The number of nitrogens with zero attached hydrogens (tertiary/aromatic N) is 2. The number of hydrogen-bond donors (Lipinski definition) is 4. The number of esters is 2. The molecule has 2 aromatic carbocycles. The molecular weight excluding hydrogens is 536 g/mol. The molecule has 6 N–H and O–H groups in total. The quantitative estimate of drug-likeness (QED) is 0.0766. The molecule has 0 heterocycles. The minimum absolute atomic E-state index is 0.0339. The van der Waals surface area contributed by atoms with Crippen molar-refractivity contribution in [1.29, 1.82) is 0 Å². The fourth-order valence-electron chi connectivity index (χ4n) is 5.71. The lowest BCUT2D eigenvalue weighted by Gasteiger charge is -2.11. The van der Waals surface area contributed by atoms with Crippen LogP contribution < -0.4 is 11.6 Å². The average Bonchev–Trinajstić information content (AvgIpc) is 3.69. The van der Waals surface area contributed by atoms with Gasteiger partial charge in [0.2, 0.25) is 0 Å². The molecule has 228 valence electrons. The Labute approximate surface area is 248 Å². The molecule has 0 amide bonds. The van der Waals surface area contributed by atoms with Crippen molar-refractivity contribution in [1.82, 2.24) is 0 Å². The zero-order valence-corrected chi connectivity index (χ0v) is 24.6. The van der Waals surface area contributed by atoms with Crippen molar-refractivity contribution in [3.05, 3.63) is 76.6 Å². The van der Waals surface area contributed by atoms with Crippen LogP contribution in [0.4, 0.5) is 5.69 Å². The highest BCUT2D eigenvalue weighted by Gasteiger charge is 2.31. The van der Waals surface area contributed by atoms with Gasteiger partial charge in [-0.05, 0) is 82.6 Å². The second kappa shape index (κ2) is 18.5. The van der Waals surface area contributed by atoms with Crippen LogP contribution in [0.3, 0.4) is 0 Å². The van der Waals surface area contributed by atoms with Gasteiger partial charge in [-0.25, -0.2) is 10.7 Å². The Balaban J connectivity index is 0.000000278. The predicted molar refractivity (Wildman–Crippen MR) is 160 cm³/mol. The second-order valence-electron chi connectivity index (χ2n) is 10.6. The summed E-state index contributed by atoms with van der Waals surface area (Å²) in [7, 11) is 0. The summed E-state index contributed by atoms with van der Waals surface area (Å²) in [6.45, 7) is 11.5. The first-order valence-electron chi connectivity index (χ1n) is 14.5. The van der Waals surface area contributed by atoms with Crippen LogP contribution in [0.15, 0.2) is 53.7 Å². The highest BCUT2D eigenvalue weighted by molar-refractivity contribution is 5.96.